The molecule has 1 rings (SSSR count). The van der Waals surface area contributed by atoms with Gasteiger partial charge in [-0.05, 0) is 0 Å². The summed E-state index contributed by atoms with van der Waals surface area (Å²) in [5.74, 6) is 0.813. The highest BCUT2D eigenvalue weighted by molar-refractivity contribution is 7.90. The Labute approximate surface area is 100 Å². The van der Waals surface area contributed by atoms with Crippen LogP contribution in [0.2, 0.25) is 0 Å². The minimum Gasteiger partial charge on any atom is -0.493 e. The van der Waals surface area contributed by atoms with Crippen LogP contribution in [0.25, 0.3) is 0 Å². The minimum atomic E-state index is -3.62. The summed E-state index contributed by atoms with van der Waals surface area (Å²) in [4.78, 5) is 0. The molecule has 8 heteroatoms. The van der Waals surface area contributed by atoms with E-state index in [4.69, 9.17) is 15.2 Å². The summed E-state index contributed by atoms with van der Waals surface area (Å²) in [5, 5.41) is 0. The Morgan fingerprint density at radius 2 is 1.71 bits per heavy atom. The molecular weight excluding hydrogens is 246 g/mol. The number of nitrogens with one attached hydrogen (secondary N) is 2. The second-order valence-corrected chi connectivity index (χ2v) is 4.72. The van der Waals surface area contributed by atoms with Gasteiger partial charge < -0.3 is 15.2 Å². The van der Waals surface area contributed by atoms with Crippen LogP contribution in [-0.2, 0) is 10.2 Å². The zero-order chi connectivity index (χ0) is 13.1. The van der Waals surface area contributed by atoms with Gasteiger partial charge in [0, 0.05) is 19.2 Å². The highest BCUT2D eigenvalue weighted by atomic mass is 32.2. The van der Waals surface area contributed by atoms with Crippen molar-refractivity contribution in [1.82, 2.24) is 4.72 Å². The van der Waals surface area contributed by atoms with Crippen molar-refractivity contribution in [2.45, 2.75) is 0 Å². The Morgan fingerprint density at radius 1 is 1.18 bits per heavy atom. The third-order valence-corrected chi connectivity index (χ3v) is 3.09. The number of hydrogen-bond acceptors (Lipinski definition) is 5. The van der Waals surface area contributed by atoms with Crippen LogP contribution in [0, 0.1) is 0 Å². The maximum Gasteiger partial charge on any atom is 0.298 e. The summed E-state index contributed by atoms with van der Waals surface area (Å²) in [6.45, 7) is 0. The number of anilines is 2. The van der Waals surface area contributed by atoms with Crippen molar-refractivity contribution in [1.29, 1.82) is 0 Å². The molecule has 17 heavy (non-hydrogen) atoms. The first-order chi connectivity index (χ1) is 7.93. The minimum absolute atomic E-state index is 0.219. The van der Waals surface area contributed by atoms with Crippen LogP contribution < -0.4 is 24.7 Å². The molecule has 0 aromatic heterocycles. The van der Waals surface area contributed by atoms with E-state index in [0.717, 1.165) is 0 Å². The Kier molecular flexibility index (Phi) is 4.02. The first-order valence-electron chi connectivity index (χ1n) is 4.66. The fourth-order valence-corrected chi connectivity index (χ4v) is 1.75. The van der Waals surface area contributed by atoms with Crippen molar-refractivity contribution in [3.8, 4) is 11.5 Å². The lowest BCUT2D eigenvalue weighted by Gasteiger charge is -2.13. The fourth-order valence-electron chi connectivity index (χ4n) is 1.18. The standard InChI is InChI=1S/C9H15N3O4S/c1-11-17(13,14)12-7-5-9(16-3)8(15-2)4-6(7)10/h4-5,11-12H,10H2,1-3H3. The van der Waals surface area contributed by atoms with Gasteiger partial charge in [-0.25, -0.2) is 4.72 Å². The van der Waals surface area contributed by atoms with E-state index in [2.05, 4.69) is 9.44 Å². The highest BCUT2D eigenvalue weighted by Gasteiger charge is 2.13. The van der Waals surface area contributed by atoms with Gasteiger partial charge in [-0.2, -0.15) is 8.42 Å². The largest absolute Gasteiger partial charge is 0.493 e. The maximum atomic E-state index is 11.3. The Bertz CT molecular complexity index is 501. The van der Waals surface area contributed by atoms with E-state index in [9.17, 15) is 8.42 Å². The third-order valence-electron chi connectivity index (χ3n) is 2.07. The molecule has 0 aliphatic rings. The lowest BCUT2D eigenvalue weighted by atomic mass is 10.2. The smallest absolute Gasteiger partial charge is 0.298 e. The summed E-state index contributed by atoms with van der Waals surface area (Å²) >= 11 is 0. The molecule has 0 bridgehead atoms. The van der Waals surface area contributed by atoms with Gasteiger partial charge in [0.25, 0.3) is 10.2 Å². The molecule has 1 aromatic carbocycles. The normalized spacial score (nSPS) is 11.0. The monoisotopic (exact) mass is 261 g/mol. The molecule has 0 unspecified atom stereocenters. The van der Waals surface area contributed by atoms with Crippen LogP contribution in [0.4, 0.5) is 11.4 Å². The first kappa shape index (κ1) is 13.4. The molecule has 0 amide bonds. The number of methoxy groups -OCH3 is 2. The zero-order valence-electron chi connectivity index (χ0n) is 9.77. The van der Waals surface area contributed by atoms with Crippen LogP contribution >= 0.6 is 0 Å². The molecule has 0 saturated heterocycles. The molecule has 0 radical (unpaired) electrons. The number of nitrogen functional groups attached to an aromatic ring is 1. The number of rotatable bonds is 5. The number of ether oxygens (including phenoxy) is 2. The average molecular weight is 261 g/mol. The molecule has 0 fully saturated rings. The van der Waals surface area contributed by atoms with Crippen LogP contribution in [-0.4, -0.2) is 29.7 Å². The van der Waals surface area contributed by atoms with Crippen molar-refractivity contribution in [3.63, 3.8) is 0 Å². The summed E-state index contributed by atoms with van der Waals surface area (Å²) < 4.78 is 37.1. The van der Waals surface area contributed by atoms with E-state index < -0.39 is 10.2 Å². The lowest BCUT2D eigenvalue weighted by Crippen LogP contribution is -2.26. The molecule has 0 saturated carbocycles. The SMILES string of the molecule is CNS(=O)(=O)Nc1cc(OC)c(OC)cc1N. The number of benzene rings is 1. The van der Waals surface area contributed by atoms with E-state index in [1.54, 1.807) is 0 Å². The van der Waals surface area contributed by atoms with Gasteiger partial charge in [0.05, 0.1) is 25.6 Å². The number of hydrogen-bond donors (Lipinski definition) is 3. The lowest BCUT2D eigenvalue weighted by molar-refractivity contribution is 0.355. The molecule has 4 N–H and O–H groups in total. The van der Waals surface area contributed by atoms with Crippen LogP contribution in [0.5, 0.6) is 11.5 Å². The van der Waals surface area contributed by atoms with Crippen LogP contribution in [0.15, 0.2) is 12.1 Å². The zero-order valence-corrected chi connectivity index (χ0v) is 10.6. The quantitative estimate of drug-likeness (QED) is 0.655. The molecule has 0 spiro atoms. The van der Waals surface area contributed by atoms with Crippen molar-refractivity contribution in [2.75, 3.05) is 31.7 Å². The van der Waals surface area contributed by atoms with E-state index in [1.807, 2.05) is 0 Å². The molecule has 0 atom stereocenters. The summed E-state index contributed by atoms with van der Waals surface area (Å²) in [6.07, 6.45) is 0. The Balaban J connectivity index is 3.18. The molecule has 0 heterocycles. The highest BCUT2D eigenvalue weighted by Crippen LogP contribution is 2.34. The average Bonchev–Trinajstić information content (AvgIpc) is 2.31. The molecular formula is C9H15N3O4S. The third kappa shape index (κ3) is 3.14. The second kappa shape index (κ2) is 5.11. The molecule has 7 nitrogen and oxygen atoms in total. The van der Waals surface area contributed by atoms with E-state index in [0.29, 0.717) is 11.5 Å². The first-order valence-corrected chi connectivity index (χ1v) is 6.14. The summed E-state index contributed by atoms with van der Waals surface area (Å²) in [5.41, 5.74) is 6.15. The van der Waals surface area contributed by atoms with E-state index >= 15 is 0 Å². The van der Waals surface area contributed by atoms with Crippen molar-refractivity contribution in [2.24, 2.45) is 0 Å². The van der Waals surface area contributed by atoms with E-state index in [1.165, 1.54) is 33.4 Å². The van der Waals surface area contributed by atoms with Crippen molar-refractivity contribution in [3.05, 3.63) is 12.1 Å². The van der Waals surface area contributed by atoms with Crippen LogP contribution in [0.1, 0.15) is 0 Å². The van der Waals surface area contributed by atoms with Crippen molar-refractivity contribution >= 4 is 21.6 Å². The van der Waals surface area contributed by atoms with E-state index in [-0.39, 0.29) is 11.4 Å². The fraction of sp³-hybridized carbons (Fsp3) is 0.333. The van der Waals surface area contributed by atoms with Gasteiger partial charge in [-0.1, -0.05) is 0 Å². The van der Waals surface area contributed by atoms with Gasteiger partial charge in [0.15, 0.2) is 11.5 Å². The number of nitrogens with two attached hydrogens (primary N) is 1. The van der Waals surface area contributed by atoms with Crippen molar-refractivity contribution < 1.29 is 17.9 Å². The van der Waals surface area contributed by atoms with Gasteiger partial charge >= 0.3 is 0 Å². The van der Waals surface area contributed by atoms with Gasteiger partial charge in [0.1, 0.15) is 0 Å². The predicted octanol–water partition coefficient (Wildman–Crippen LogP) is 0.162. The molecule has 0 aliphatic carbocycles. The molecule has 1 aromatic rings. The second-order valence-electron chi connectivity index (χ2n) is 3.10. The van der Waals surface area contributed by atoms with Crippen LogP contribution in [0.3, 0.4) is 0 Å². The van der Waals surface area contributed by atoms with Gasteiger partial charge in [0.2, 0.25) is 0 Å². The molecule has 0 aliphatic heterocycles. The summed E-state index contributed by atoms with van der Waals surface area (Å²) in [6, 6.07) is 2.93. The predicted molar refractivity (Wildman–Crippen MR) is 65.6 cm³/mol. The summed E-state index contributed by atoms with van der Waals surface area (Å²) in [7, 11) is 0.591. The Hall–Kier alpha value is -1.67. The molecule has 96 valence electrons. The maximum absolute atomic E-state index is 11.3. The topological polar surface area (TPSA) is 103 Å². The Morgan fingerprint density at radius 3 is 2.18 bits per heavy atom. The van der Waals surface area contributed by atoms with Gasteiger partial charge in [-0.3, -0.25) is 4.72 Å². The van der Waals surface area contributed by atoms with Gasteiger partial charge in [-0.15, -0.1) is 0 Å².